The zero-order valence-electron chi connectivity index (χ0n) is 13.9. The van der Waals surface area contributed by atoms with E-state index in [1.54, 1.807) is 12.1 Å². The van der Waals surface area contributed by atoms with Crippen molar-refractivity contribution < 1.29 is 8.42 Å². The van der Waals surface area contributed by atoms with E-state index in [1.807, 2.05) is 42.5 Å². The number of benzene rings is 2. The van der Waals surface area contributed by atoms with Crippen molar-refractivity contribution >= 4 is 10.0 Å². The van der Waals surface area contributed by atoms with Gasteiger partial charge in [0.15, 0.2) is 0 Å². The van der Waals surface area contributed by atoms with Crippen LogP contribution in [0, 0.1) is 5.92 Å². The van der Waals surface area contributed by atoms with Gasteiger partial charge < -0.3 is 0 Å². The molecule has 0 spiro atoms. The van der Waals surface area contributed by atoms with Gasteiger partial charge in [-0.25, -0.2) is 13.1 Å². The molecule has 24 heavy (non-hydrogen) atoms. The van der Waals surface area contributed by atoms with E-state index in [0.717, 1.165) is 24.0 Å². The Bertz CT molecular complexity index is 731. The van der Waals surface area contributed by atoms with Crippen molar-refractivity contribution in [3.63, 3.8) is 0 Å². The molecule has 0 radical (unpaired) electrons. The first-order valence-electron chi connectivity index (χ1n) is 8.80. The SMILES string of the molecule is O=S(=O)(NCC1CCCCCC1)c1ccc(-c2ccccc2)cc1. The smallest absolute Gasteiger partial charge is 0.211 e. The predicted molar refractivity (Wildman–Crippen MR) is 98.3 cm³/mol. The maximum atomic E-state index is 12.5. The average molecular weight is 343 g/mol. The van der Waals surface area contributed by atoms with Gasteiger partial charge in [-0.2, -0.15) is 0 Å². The zero-order chi connectivity index (χ0) is 16.8. The number of hydrogen-bond acceptors (Lipinski definition) is 2. The molecule has 1 fully saturated rings. The second-order valence-corrected chi connectivity index (χ2v) is 8.37. The molecule has 0 aromatic heterocycles. The fourth-order valence-electron chi connectivity index (χ4n) is 3.34. The molecule has 0 atom stereocenters. The molecule has 0 amide bonds. The number of hydrogen-bond donors (Lipinski definition) is 1. The van der Waals surface area contributed by atoms with Gasteiger partial charge >= 0.3 is 0 Å². The Morgan fingerprint density at radius 2 is 1.38 bits per heavy atom. The van der Waals surface area contributed by atoms with Crippen LogP contribution in [0.1, 0.15) is 38.5 Å². The quantitative estimate of drug-likeness (QED) is 0.806. The Labute approximate surface area is 145 Å². The van der Waals surface area contributed by atoms with Crippen LogP contribution in [0.2, 0.25) is 0 Å². The Hall–Kier alpha value is -1.65. The first-order valence-corrected chi connectivity index (χ1v) is 10.3. The van der Waals surface area contributed by atoms with E-state index in [4.69, 9.17) is 0 Å². The van der Waals surface area contributed by atoms with Crippen molar-refractivity contribution in [2.45, 2.75) is 43.4 Å². The van der Waals surface area contributed by atoms with Gasteiger partial charge in [0.2, 0.25) is 10.0 Å². The van der Waals surface area contributed by atoms with Gasteiger partial charge in [0, 0.05) is 6.54 Å². The molecular weight excluding hydrogens is 318 g/mol. The summed E-state index contributed by atoms with van der Waals surface area (Å²) in [5.74, 6) is 0.478. The van der Waals surface area contributed by atoms with Crippen LogP contribution < -0.4 is 4.72 Å². The zero-order valence-corrected chi connectivity index (χ0v) is 14.8. The molecule has 0 heterocycles. The molecule has 3 rings (SSSR count). The summed E-state index contributed by atoms with van der Waals surface area (Å²) in [6.07, 6.45) is 7.27. The second kappa shape index (κ2) is 7.95. The Morgan fingerprint density at radius 1 is 0.792 bits per heavy atom. The minimum Gasteiger partial charge on any atom is -0.211 e. The van der Waals surface area contributed by atoms with Gasteiger partial charge in [-0.05, 0) is 42.0 Å². The molecule has 2 aromatic rings. The first-order chi connectivity index (χ1) is 11.6. The van der Waals surface area contributed by atoms with Gasteiger partial charge in [0.1, 0.15) is 0 Å². The van der Waals surface area contributed by atoms with E-state index in [2.05, 4.69) is 4.72 Å². The molecule has 2 aromatic carbocycles. The summed E-state index contributed by atoms with van der Waals surface area (Å²) in [7, 11) is -3.42. The molecule has 0 aliphatic heterocycles. The molecule has 1 aliphatic rings. The van der Waals surface area contributed by atoms with Crippen molar-refractivity contribution in [1.29, 1.82) is 0 Å². The maximum absolute atomic E-state index is 12.5. The van der Waals surface area contributed by atoms with Gasteiger partial charge in [-0.15, -0.1) is 0 Å². The van der Waals surface area contributed by atoms with Gasteiger partial charge in [0.05, 0.1) is 4.90 Å². The molecule has 4 heteroatoms. The lowest BCUT2D eigenvalue weighted by Crippen LogP contribution is -2.29. The molecule has 0 unspecified atom stereocenters. The Balaban J connectivity index is 1.66. The van der Waals surface area contributed by atoms with E-state index in [9.17, 15) is 8.42 Å². The standard InChI is InChI=1S/C20H25NO2S/c22-24(23,21-16-17-8-4-1-2-5-9-17)20-14-12-19(13-15-20)18-10-6-3-7-11-18/h3,6-7,10-15,17,21H,1-2,4-5,8-9,16H2. The highest BCUT2D eigenvalue weighted by atomic mass is 32.2. The van der Waals surface area contributed by atoms with Crippen molar-refractivity contribution in [2.75, 3.05) is 6.54 Å². The monoisotopic (exact) mass is 343 g/mol. The molecule has 1 N–H and O–H groups in total. The van der Waals surface area contributed by atoms with Crippen LogP contribution in [0.4, 0.5) is 0 Å². The summed E-state index contributed by atoms with van der Waals surface area (Å²) in [6, 6.07) is 17.1. The van der Waals surface area contributed by atoms with Crippen molar-refractivity contribution in [2.24, 2.45) is 5.92 Å². The topological polar surface area (TPSA) is 46.2 Å². The molecule has 3 nitrogen and oxygen atoms in total. The largest absolute Gasteiger partial charge is 0.240 e. The Morgan fingerprint density at radius 3 is 2.00 bits per heavy atom. The lowest BCUT2D eigenvalue weighted by Gasteiger charge is -2.15. The highest BCUT2D eigenvalue weighted by Crippen LogP contribution is 2.24. The molecule has 1 saturated carbocycles. The van der Waals surface area contributed by atoms with E-state index in [1.165, 1.54) is 25.7 Å². The highest BCUT2D eigenvalue weighted by Gasteiger charge is 2.18. The maximum Gasteiger partial charge on any atom is 0.240 e. The molecule has 0 saturated heterocycles. The van der Waals surface area contributed by atoms with Crippen LogP contribution >= 0.6 is 0 Å². The third-order valence-corrected chi connectivity index (χ3v) is 6.25. The summed E-state index contributed by atoms with van der Waals surface area (Å²) >= 11 is 0. The van der Waals surface area contributed by atoms with Crippen LogP contribution in [0.5, 0.6) is 0 Å². The fourth-order valence-corrected chi connectivity index (χ4v) is 4.45. The van der Waals surface area contributed by atoms with E-state index in [0.29, 0.717) is 17.4 Å². The van der Waals surface area contributed by atoms with Gasteiger partial charge in [0.25, 0.3) is 0 Å². The first kappa shape index (κ1) is 17.2. The lowest BCUT2D eigenvalue weighted by molar-refractivity contribution is 0.451. The molecule has 1 aliphatic carbocycles. The van der Waals surface area contributed by atoms with E-state index >= 15 is 0 Å². The normalized spacial score (nSPS) is 16.7. The van der Waals surface area contributed by atoms with Crippen LogP contribution in [0.25, 0.3) is 11.1 Å². The van der Waals surface area contributed by atoms with Crippen LogP contribution in [-0.2, 0) is 10.0 Å². The minimum absolute atomic E-state index is 0.343. The van der Waals surface area contributed by atoms with Crippen LogP contribution in [0.15, 0.2) is 59.5 Å². The second-order valence-electron chi connectivity index (χ2n) is 6.60. The summed E-state index contributed by atoms with van der Waals surface area (Å²) in [5, 5.41) is 0. The van der Waals surface area contributed by atoms with Crippen LogP contribution in [0.3, 0.4) is 0 Å². The summed E-state index contributed by atoms with van der Waals surface area (Å²) in [4.78, 5) is 0.343. The van der Waals surface area contributed by atoms with Gasteiger partial charge in [-0.3, -0.25) is 0 Å². The molecular formula is C20H25NO2S. The number of sulfonamides is 1. The minimum atomic E-state index is -3.42. The lowest BCUT2D eigenvalue weighted by atomic mass is 10.0. The fraction of sp³-hybridized carbons (Fsp3) is 0.400. The van der Waals surface area contributed by atoms with E-state index < -0.39 is 10.0 Å². The van der Waals surface area contributed by atoms with Crippen LogP contribution in [-0.4, -0.2) is 15.0 Å². The predicted octanol–water partition coefficient (Wildman–Crippen LogP) is 4.60. The third kappa shape index (κ3) is 4.46. The van der Waals surface area contributed by atoms with Gasteiger partial charge in [-0.1, -0.05) is 68.1 Å². The van der Waals surface area contributed by atoms with E-state index in [-0.39, 0.29) is 0 Å². The third-order valence-electron chi connectivity index (χ3n) is 4.81. The number of rotatable bonds is 5. The summed E-state index contributed by atoms with van der Waals surface area (Å²) < 4.78 is 27.8. The summed E-state index contributed by atoms with van der Waals surface area (Å²) in [5.41, 5.74) is 2.12. The molecule has 128 valence electrons. The number of nitrogens with one attached hydrogen (secondary N) is 1. The average Bonchev–Trinajstić information content (AvgIpc) is 2.90. The molecule has 0 bridgehead atoms. The van der Waals surface area contributed by atoms with Crippen molar-refractivity contribution in [3.8, 4) is 11.1 Å². The van der Waals surface area contributed by atoms with Crippen molar-refractivity contribution in [3.05, 3.63) is 54.6 Å². The van der Waals surface area contributed by atoms with Crippen molar-refractivity contribution in [1.82, 2.24) is 4.72 Å². The highest BCUT2D eigenvalue weighted by molar-refractivity contribution is 7.89. The summed E-state index contributed by atoms with van der Waals surface area (Å²) in [6.45, 7) is 0.558. The Kier molecular flexibility index (Phi) is 5.69.